The molecule has 0 unspecified atom stereocenters. The van der Waals surface area contributed by atoms with E-state index in [-0.39, 0.29) is 23.5 Å². The summed E-state index contributed by atoms with van der Waals surface area (Å²) >= 11 is 0. The highest BCUT2D eigenvalue weighted by atomic mass is 32.2. The average molecular weight is 309 g/mol. The predicted molar refractivity (Wildman–Crippen MR) is 75.4 cm³/mol. The van der Waals surface area contributed by atoms with Crippen LogP contribution in [0.15, 0.2) is 52.0 Å². The van der Waals surface area contributed by atoms with Gasteiger partial charge in [-0.1, -0.05) is 19.1 Å². The second-order valence-corrected chi connectivity index (χ2v) is 6.22. The molecular weight excluding hydrogens is 294 g/mol. The summed E-state index contributed by atoms with van der Waals surface area (Å²) < 4.78 is 31.6. The normalized spacial score (nSPS) is 11.7. The van der Waals surface area contributed by atoms with E-state index >= 15 is 0 Å². The lowest BCUT2D eigenvalue weighted by Crippen LogP contribution is -2.31. The highest BCUT2D eigenvalue weighted by molar-refractivity contribution is 7.89. The van der Waals surface area contributed by atoms with E-state index in [1.54, 1.807) is 19.1 Å². The smallest absolute Gasteiger partial charge is 0.337 e. The van der Waals surface area contributed by atoms with Crippen LogP contribution in [0.1, 0.15) is 23.0 Å². The second-order valence-electron chi connectivity index (χ2n) is 4.31. The Hall–Kier alpha value is -2.12. The lowest BCUT2D eigenvalue weighted by atomic mass is 10.2. The standard InChI is InChI=1S/C14H15NO5S/c1-2-15(10-11-6-5-9-20-11)21(18,19)13-8-4-3-7-12(13)14(16)17/h3-9H,2,10H2,1H3,(H,16,17). The molecule has 0 radical (unpaired) electrons. The molecule has 1 heterocycles. The first kappa shape index (κ1) is 15.3. The molecule has 1 N–H and O–H groups in total. The van der Waals surface area contributed by atoms with Gasteiger partial charge in [0, 0.05) is 6.54 Å². The van der Waals surface area contributed by atoms with Crippen molar-refractivity contribution in [2.45, 2.75) is 18.4 Å². The maximum atomic E-state index is 12.6. The Bertz CT molecular complexity index is 722. The Morgan fingerprint density at radius 1 is 1.24 bits per heavy atom. The monoisotopic (exact) mass is 309 g/mol. The Balaban J connectivity index is 2.42. The minimum atomic E-state index is -3.91. The average Bonchev–Trinajstić information content (AvgIpc) is 2.97. The van der Waals surface area contributed by atoms with Crippen molar-refractivity contribution in [3.63, 3.8) is 0 Å². The molecule has 2 rings (SSSR count). The molecule has 0 amide bonds. The molecule has 0 aliphatic rings. The van der Waals surface area contributed by atoms with Gasteiger partial charge in [-0.3, -0.25) is 0 Å². The summed E-state index contributed by atoms with van der Waals surface area (Å²) in [5.74, 6) is -0.781. The molecule has 0 atom stereocenters. The third kappa shape index (κ3) is 3.14. The van der Waals surface area contributed by atoms with E-state index in [1.165, 1.54) is 34.8 Å². The number of carbonyl (C=O) groups is 1. The summed E-state index contributed by atoms with van der Waals surface area (Å²) in [5.41, 5.74) is -0.240. The van der Waals surface area contributed by atoms with E-state index in [1.807, 2.05) is 0 Å². The fourth-order valence-electron chi connectivity index (χ4n) is 1.95. The first-order chi connectivity index (χ1) is 9.96. The van der Waals surface area contributed by atoms with Crippen molar-refractivity contribution in [1.29, 1.82) is 0 Å². The quantitative estimate of drug-likeness (QED) is 0.883. The summed E-state index contributed by atoms with van der Waals surface area (Å²) in [6.45, 7) is 1.95. The summed E-state index contributed by atoms with van der Waals surface area (Å²) in [4.78, 5) is 11.0. The highest BCUT2D eigenvalue weighted by Gasteiger charge is 2.28. The number of carboxylic acids is 1. The zero-order valence-corrected chi connectivity index (χ0v) is 12.2. The van der Waals surface area contributed by atoms with E-state index < -0.39 is 16.0 Å². The predicted octanol–water partition coefficient (Wildman–Crippen LogP) is 2.19. The Labute approximate surface area is 122 Å². The molecule has 21 heavy (non-hydrogen) atoms. The largest absolute Gasteiger partial charge is 0.478 e. The van der Waals surface area contributed by atoms with Gasteiger partial charge in [0.25, 0.3) is 0 Å². The molecule has 1 aromatic carbocycles. The van der Waals surface area contributed by atoms with Crippen LogP contribution in [-0.2, 0) is 16.6 Å². The molecule has 0 saturated carbocycles. The molecule has 2 aromatic rings. The molecule has 0 saturated heterocycles. The topological polar surface area (TPSA) is 87.8 Å². The van der Waals surface area contributed by atoms with Crippen LogP contribution < -0.4 is 0 Å². The van der Waals surface area contributed by atoms with Gasteiger partial charge in [0.1, 0.15) is 5.76 Å². The van der Waals surface area contributed by atoms with Gasteiger partial charge in [-0.2, -0.15) is 4.31 Å². The van der Waals surface area contributed by atoms with E-state index in [4.69, 9.17) is 9.52 Å². The van der Waals surface area contributed by atoms with Gasteiger partial charge in [0.15, 0.2) is 0 Å². The molecule has 0 bridgehead atoms. The van der Waals surface area contributed by atoms with E-state index in [0.717, 1.165) is 0 Å². The van der Waals surface area contributed by atoms with Crippen molar-refractivity contribution >= 4 is 16.0 Å². The summed E-state index contributed by atoms with van der Waals surface area (Å²) in [5, 5.41) is 9.14. The maximum Gasteiger partial charge on any atom is 0.337 e. The fourth-order valence-corrected chi connectivity index (χ4v) is 3.55. The van der Waals surface area contributed by atoms with Crippen LogP contribution in [-0.4, -0.2) is 30.3 Å². The Morgan fingerprint density at radius 3 is 2.52 bits per heavy atom. The number of furan rings is 1. The third-order valence-corrected chi connectivity index (χ3v) is 4.98. The van der Waals surface area contributed by atoms with Crippen molar-refractivity contribution in [2.75, 3.05) is 6.54 Å². The number of aromatic carboxylic acids is 1. The second kappa shape index (κ2) is 6.11. The van der Waals surface area contributed by atoms with Gasteiger partial charge >= 0.3 is 5.97 Å². The van der Waals surface area contributed by atoms with Gasteiger partial charge < -0.3 is 9.52 Å². The Kier molecular flexibility index (Phi) is 4.44. The number of benzene rings is 1. The number of hydrogen-bond acceptors (Lipinski definition) is 4. The molecule has 0 aliphatic heterocycles. The van der Waals surface area contributed by atoms with Crippen molar-refractivity contribution in [2.24, 2.45) is 0 Å². The van der Waals surface area contributed by atoms with Gasteiger partial charge in [-0.05, 0) is 24.3 Å². The van der Waals surface area contributed by atoms with Gasteiger partial charge in [0.2, 0.25) is 10.0 Å². The zero-order valence-electron chi connectivity index (χ0n) is 11.4. The number of carboxylic acid groups (broad SMARTS) is 1. The lowest BCUT2D eigenvalue weighted by molar-refractivity contribution is 0.0692. The molecule has 0 fully saturated rings. The first-order valence-electron chi connectivity index (χ1n) is 6.31. The number of rotatable bonds is 6. The third-order valence-electron chi connectivity index (χ3n) is 3.00. The summed E-state index contributed by atoms with van der Waals surface area (Å²) in [6, 6.07) is 8.90. The van der Waals surface area contributed by atoms with Gasteiger partial charge in [-0.25, -0.2) is 13.2 Å². The molecule has 0 aliphatic carbocycles. The molecule has 7 heteroatoms. The minimum Gasteiger partial charge on any atom is -0.478 e. The van der Waals surface area contributed by atoms with Crippen LogP contribution in [0.25, 0.3) is 0 Å². The maximum absolute atomic E-state index is 12.6. The van der Waals surface area contributed by atoms with E-state index in [9.17, 15) is 13.2 Å². The molecule has 6 nitrogen and oxygen atoms in total. The number of nitrogens with zero attached hydrogens (tertiary/aromatic N) is 1. The first-order valence-corrected chi connectivity index (χ1v) is 7.75. The van der Waals surface area contributed by atoms with Crippen molar-refractivity contribution in [1.82, 2.24) is 4.31 Å². The number of hydrogen-bond donors (Lipinski definition) is 1. The van der Waals surface area contributed by atoms with Gasteiger partial charge in [-0.15, -0.1) is 0 Å². The van der Waals surface area contributed by atoms with Crippen molar-refractivity contribution in [3.8, 4) is 0 Å². The lowest BCUT2D eigenvalue weighted by Gasteiger charge is -2.20. The van der Waals surface area contributed by atoms with Crippen molar-refractivity contribution in [3.05, 3.63) is 54.0 Å². The molecular formula is C14H15NO5S. The van der Waals surface area contributed by atoms with Crippen molar-refractivity contribution < 1.29 is 22.7 Å². The fraction of sp³-hybridized carbons (Fsp3) is 0.214. The zero-order chi connectivity index (χ0) is 15.5. The molecule has 1 aromatic heterocycles. The van der Waals surface area contributed by atoms with E-state index in [2.05, 4.69) is 0 Å². The van der Waals surface area contributed by atoms with Gasteiger partial charge in [0.05, 0.1) is 23.3 Å². The van der Waals surface area contributed by atoms with Crippen LogP contribution in [0.5, 0.6) is 0 Å². The van der Waals surface area contributed by atoms with Crippen LogP contribution in [0.4, 0.5) is 0 Å². The SMILES string of the molecule is CCN(Cc1ccco1)S(=O)(=O)c1ccccc1C(=O)O. The Morgan fingerprint density at radius 2 is 1.95 bits per heavy atom. The van der Waals surface area contributed by atoms with Crippen LogP contribution in [0.3, 0.4) is 0 Å². The van der Waals surface area contributed by atoms with Crippen LogP contribution >= 0.6 is 0 Å². The van der Waals surface area contributed by atoms with Crippen LogP contribution in [0, 0.1) is 0 Å². The number of sulfonamides is 1. The summed E-state index contributed by atoms with van der Waals surface area (Å²) in [6.07, 6.45) is 1.46. The minimum absolute atomic E-state index is 0.0553. The highest BCUT2D eigenvalue weighted by Crippen LogP contribution is 2.22. The van der Waals surface area contributed by atoms with E-state index in [0.29, 0.717) is 5.76 Å². The summed E-state index contributed by atoms with van der Waals surface area (Å²) in [7, 11) is -3.91. The molecule has 112 valence electrons. The van der Waals surface area contributed by atoms with Crippen LogP contribution in [0.2, 0.25) is 0 Å². The molecule has 0 spiro atoms.